The zero-order valence-electron chi connectivity index (χ0n) is 15.6. The molecule has 2 N–H and O–H groups in total. The highest BCUT2D eigenvalue weighted by Crippen LogP contribution is 2.20. The Labute approximate surface area is 183 Å². The molecule has 0 aliphatic rings. The SMILES string of the molecule is CCNC(=NCc1ccnc(OCC(F)(F)F)c1)NCC(C)c1cccs1.I. The Morgan fingerprint density at radius 1 is 1.32 bits per heavy atom. The molecule has 0 aromatic carbocycles. The van der Waals surface area contributed by atoms with Gasteiger partial charge in [0.2, 0.25) is 5.88 Å². The van der Waals surface area contributed by atoms with E-state index in [4.69, 9.17) is 0 Å². The fraction of sp³-hybridized carbons (Fsp3) is 0.444. The Bertz CT molecular complexity index is 726. The number of pyridine rings is 1. The highest BCUT2D eigenvalue weighted by Gasteiger charge is 2.28. The normalized spacial score (nSPS) is 12.8. The van der Waals surface area contributed by atoms with E-state index in [0.29, 0.717) is 30.5 Å². The van der Waals surface area contributed by atoms with E-state index in [1.165, 1.54) is 17.1 Å². The van der Waals surface area contributed by atoms with Crippen molar-refractivity contribution in [3.05, 3.63) is 46.3 Å². The van der Waals surface area contributed by atoms with Gasteiger partial charge in [-0.15, -0.1) is 35.3 Å². The van der Waals surface area contributed by atoms with Crippen molar-refractivity contribution in [2.24, 2.45) is 4.99 Å². The number of aromatic nitrogens is 1. The summed E-state index contributed by atoms with van der Waals surface area (Å²) < 4.78 is 41.4. The number of nitrogens with one attached hydrogen (secondary N) is 2. The van der Waals surface area contributed by atoms with Crippen LogP contribution >= 0.6 is 35.3 Å². The standard InChI is InChI=1S/C18H23F3N4OS.HI/c1-3-22-17(24-10-13(2)15-5-4-8-27-15)25-11-14-6-7-23-16(9-14)26-12-18(19,20)21;/h4-9,13H,3,10-12H2,1-2H3,(H2,22,24,25);1H. The molecule has 0 amide bonds. The smallest absolute Gasteiger partial charge is 0.422 e. The quantitative estimate of drug-likeness (QED) is 0.300. The number of thiophene rings is 1. The average molecular weight is 528 g/mol. The van der Waals surface area contributed by atoms with Crippen LogP contribution in [0.3, 0.4) is 0 Å². The summed E-state index contributed by atoms with van der Waals surface area (Å²) in [5.41, 5.74) is 0.714. The Kier molecular flexibility index (Phi) is 10.6. The van der Waals surface area contributed by atoms with Gasteiger partial charge in [-0.05, 0) is 30.0 Å². The van der Waals surface area contributed by atoms with E-state index in [-0.39, 0.29) is 29.9 Å². The molecule has 0 radical (unpaired) electrons. The predicted molar refractivity (Wildman–Crippen MR) is 117 cm³/mol. The maximum absolute atomic E-state index is 12.2. The minimum Gasteiger partial charge on any atom is -0.468 e. The van der Waals surface area contributed by atoms with Gasteiger partial charge in [-0.25, -0.2) is 9.98 Å². The summed E-state index contributed by atoms with van der Waals surface area (Å²) >= 11 is 1.71. The number of alkyl halides is 3. The van der Waals surface area contributed by atoms with Gasteiger partial charge in [-0.3, -0.25) is 0 Å². The summed E-state index contributed by atoms with van der Waals surface area (Å²) in [4.78, 5) is 9.56. The molecule has 10 heteroatoms. The minimum absolute atomic E-state index is 0. The number of hydrogen-bond acceptors (Lipinski definition) is 4. The first kappa shape index (κ1) is 24.5. The third-order valence-corrected chi connectivity index (χ3v) is 4.66. The Hall–Kier alpha value is -1.56. The van der Waals surface area contributed by atoms with Gasteiger partial charge in [0, 0.05) is 36.1 Å². The van der Waals surface area contributed by atoms with E-state index in [1.54, 1.807) is 17.4 Å². The number of halogens is 4. The van der Waals surface area contributed by atoms with E-state index < -0.39 is 12.8 Å². The fourth-order valence-corrected chi connectivity index (χ4v) is 3.00. The third-order valence-electron chi connectivity index (χ3n) is 3.55. The third kappa shape index (κ3) is 9.09. The first-order valence-corrected chi connectivity index (χ1v) is 9.45. The summed E-state index contributed by atoms with van der Waals surface area (Å²) in [7, 11) is 0. The summed E-state index contributed by atoms with van der Waals surface area (Å²) in [6, 6.07) is 7.28. The maximum atomic E-state index is 12.2. The second-order valence-electron chi connectivity index (χ2n) is 5.90. The molecule has 0 bridgehead atoms. The largest absolute Gasteiger partial charge is 0.468 e. The molecule has 1 atom stereocenters. The van der Waals surface area contributed by atoms with Gasteiger partial charge < -0.3 is 15.4 Å². The van der Waals surface area contributed by atoms with Crippen LogP contribution in [0.15, 0.2) is 40.8 Å². The lowest BCUT2D eigenvalue weighted by Crippen LogP contribution is -2.39. The molecule has 0 fully saturated rings. The van der Waals surface area contributed by atoms with Crippen molar-refractivity contribution in [3.63, 3.8) is 0 Å². The lowest BCUT2D eigenvalue weighted by molar-refractivity contribution is -0.154. The molecule has 5 nitrogen and oxygen atoms in total. The molecule has 0 spiro atoms. The molecule has 2 aromatic rings. The molecular weight excluding hydrogens is 504 g/mol. The zero-order valence-corrected chi connectivity index (χ0v) is 18.8. The molecule has 0 saturated carbocycles. The maximum Gasteiger partial charge on any atom is 0.422 e. The summed E-state index contributed by atoms with van der Waals surface area (Å²) in [6.07, 6.45) is -2.98. The number of guanidine groups is 1. The predicted octanol–water partition coefficient (Wildman–Crippen LogP) is 4.56. The lowest BCUT2D eigenvalue weighted by atomic mass is 10.1. The Morgan fingerprint density at radius 3 is 2.75 bits per heavy atom. The average Bonchev–Trinajstić information content (AvgIpc) is 3.17. The van der Waals surface area contributed by atoms with Crippen molar-refractivity contribution in [2.45, 2.75) is 32.5 Å². The van der Waals surface area contributed by atoms with Gasteiger partial charge >= 0.3 is 6.18 Å². The molecule has 0 aliphatic heterocycles. The number of ether oxygens (including phenoxy) is 1. The lowest BCUT2D eigenvalue weighted by Gasteiger charge is -2.15. The molecule has 0 aliphatic carbocycles. The minimum atomic E-state index is -4.39. The molecule has 0 saturated heterocycles. The van der Waals surface area contributed by atoms with Crippen molar-refractivity contribution >= 4 is 41.3 Å². The van der Waals surface area contributed by atoms with Gasteiger partial charge in [0.05, 0.1) is 6.54 Å². The van der Waals surface area contributed by atoms with Crippen LogP contribution in [0.5, 0.6) is 5.88 Å². The first-order valence-electron chi connectivity index (χ1n) is 8.57. The van der Waals surface area contributed by atoms with Crippen LogP contribution < -0.4 is 15.4 Å². The second kappa shape index (κ2) is 12.1. The monoisotopic (exact) mass is 528 g/mol. The fourth-order valence-electron chi connectivity index (χ4n) is 2.22. The molecule has 28 heavy (non-hydrogen) atoms. The van der Waals surface area contributed by atoms with Gasteiger partial charge in [0.25, 0.3) is 0 Å². The van der Waals surface area contributed by atoms with Crippen LogP contribution in [0.2, 0.25) is 0 Å². The topological polar surface area (TPSA) is 58.5 Å². The van der Waals surface area contributed by atoms with E-state index in [2.05, 4.69) is 38.3 Å². The highest BCUT2D eigenvalue weighted by atomic mass is 127. The van der Waals surface area contributed by atoms with E-state index in [9.17, 15) is 13.2 Å². The van der Waals surface area contributed by atoms with Crippen LogP contribution in [0.4, 0.5) is 13.2 Å². The van der Waals surface area contributed by atoms with Gasteiger partial charge in [-0.1, -0.05) is 13.0 Å². The molecule has 2 aromatic heterocycles. The summed E-state index contributed by atoms with van der Waals surface area (Å²) in [6.45, 7) is 4.47. The van der Waals surface area contributed by atoms with Crippen molar-refractivity contribution in [1.29, 1.82) is 0 Å². The number of hydrogen-bond donors (Lipinski definition) is 2. The van der Waals surface area contributed by atoms with E-state index >= 15 is 0 Å². The van der Waals surface area contributed by atoms with Gasteiger partial charge in [0.1, 0.15) is 0 Å². The first-order chi connectivity index (χ1) is 12.9. The van der Waals surface area contributed by atoms with Gasteiger partial charge in [0.15, 0.2) is 12.6 Å². The highest BCUT2D eigenvalue weighted by molar-refractivity contribution is 14.0. The number of aliphatic imine (C=N–C) groups is 1. The van der Waals surface area contributed by atoms with Crippen molar-refractivity contribution in [2.75, 3.05) is 19.7 Å². The van der Waals surface area contributed by atoms with Crippen LogP contribution in [0, 0.1) is 0 Å². The summed E-state index contributed by atoms with van der Waals surface area (Å²) in [5.74, 6) is 0.928. The van der Waals surface area contributed by atoms with Crippen molar-refractivity contribution in [3.8, 4) is 5.88 Å². The van der Waals surface area contributed by atoms with Crippen LogP contribution in [0.25, 0.3) is 0 Å². The van der Waals surface area contributed by atoms with Crippen molar-refractivity contribution < 1.29 is 17.9 Å². The molecular formula is C18H24F3IN4OS. The number of nitrogens with zero attached hydrogens (tertiary/aromatic N) is 2. The van der Waals surface area contributed by atoms with Crippen LogP contribution in [-0.4, -0.2) is 36.8 Å². The Balaban J connectivity index is 0.00000392. The van der Waals surface area contributed by atoms with E-state index in [0.717, 1.165) is 6.54 Å². The molecule has 2 heterocycles. The van der Waals surface area contributed by atoms with Gasteiger partial charge in [-0.2, -0.15) is 13.2 Å². The molecule has 156 valence electrons. The zero-order chi connectivity index (χ0) is 19.7. The summed E-state index contributed by atoms with van der Waals surface area (Å²) in [5, 5.41) is 8.50. The molecule has 1 unspecified atom stereocenters. The van der Waals surface area contributed by atoms with Crippen LogP contribution in [-0.2, 0) is 6.54 Å². The van der Waals surface area contributed by atoms with E-state index in [1.807, 2.05) is 18.4 Å². The Morgan fingerprint density at radius 2 is 2.11 bits per heavy atom. The number of rotatable bonds is 8. The van der Waals surface area contributed by atoms with Crippen molar-refractivity contribution in [1.82, 2.24) is 15.6 Å². The van der Waals surface area contributed by atoms with Crippen LogP contribution in [0.1, 0.15) is 30.2 Å². The second-order valence-corrected chi connectivity index (χ2v) is 6.88. The molecule has 2 rings (SSSR count).